The molecule has 0 radical (unpaired) electrons. The first-order valence-electron chi connectivity index (χ1n) is 8.74. The first-order valence-corrected chi connectivity index (χ1v) is 9.15. The minimum absolute atomic E-state index is 0.149. The molecule has 0 aliphatic carbocycles. The van der Waals surface area contributed by atoms with Gasteiger partial charge in [0, 0.05) is 5.92 Å². The van der Waals surface area contributed by atoms with Gasteiger partial charge in [0.05, 0.1) is 17.1 Å². The van der Waals surface area contributed by atoms with Gasteiger partial charge in [0.1, 0.15) is 0 Å². The first-order chi connectivity index (χ1) is 12.3. The molecule has 1 nitrogen and oxygen atoms in total. The van der Waals surface area contributed by atoms with Crippen LogP contribution in [0.3, 0.4) is 0 Å². The highest BCUT2D eigenvalue weighted by Crippen LogP contribution is 2.48. The maximum absolute atomic E-state index is 5.81. The fourth-order valence-electron chi connectivity index (χ4n) is 3.84. The molecule has 2 atom stereocenters. The third-order valence-electron chi connectivity index (χ3n) is 5.07. The molecular weight excluding hydrogens is 322 g/mol. The van der Waals surface area contributed by atoms with E-state index >= 15 is 0 Å². The van der Waals surface area contributed by atoms with Crippen molar-refractivity contribution in [1.82, 2.24) is 4.90 Å². The lowest BCUT2D eigenvalue weighted by Crippen LogP contribution is -2.54. The Morgan fingerprint density at radius 3 is 1.64 bits per heavy atom. The third-order valence-corrected chi connectivity index (χ3v) is 5.65. The Labute approximate surface area is 154 Å². The number of hydrogen-bond acceptors (Lipinski definition) is 1. The maximum Gasteiger partial charge on any atom is 0.0845 e. The normalized spacial score (nSPS) is 19.8. The second-order valence-electron chi connectivity index (χ2n) is 6.61. The second-order valence-corrected chi connectivity index (χ2v) is 7.03. The summed E-state index contributed by atoms with van der Waals surface area (Å²) in [5.74, 6) is 0.382. The number of benzene rings is 3. The summed E-state index contributed by atoms with van der Waals surface area (Å²) in [6.07, 6.45) is 0. The van der Waals surface area contributed by atoms with Gasteiger partial charge in [-0.2, -0.15) is 0 Å². The average Bonchev–Trinajstić information content (AvgIpc) is 2.69. The molecule has 3 aromatic rings. The molecule has 1 heterocycles. The molecule has 4 rings (SSSR count). The van der Waals surface area contributed by atoms with E-state index in [2.05, 4.69) is 103 Å². The number of hydrogen-bond donors (Lipinski definition) is 0. The molecule has 2 heteroatoms. The molecule has 0 saturated carbocycles. The number of rotatable bonds is 4. The van der Waals surface area contributed by atoms with E-state index in [1.54, 1.807) is 0 Å². The summed E-state index contributed by atoms with van der Waals surface area (Å²) in [7, 11) is 0. The highest BCUT2D eigenvalue weighted by molar-refractivity contribution is 7.80. The first kappa shape index (κ1) is 16.0. The zero-order chi connectivity index (χ0) is 17.2. The van der Waals surface area contributed by atoms with Gasteiger partial charge in [-0.1, -0.05) is 110 Å². The molecule has 3 aromatic carbocycles. The zero-order valence-electron chi connectivity index (χ0n) is 14.2. The summed E-state index contributed by atoms with van der Waals surface area (Å²) in [5.41, 5.74) is 3.90. The summed E-state index contributed by atoms with van der Waals surface area (Å²) in [5, 5.41) is 0. The standard InChI is InChI=1S/C23H21NS/c1-17-21(18-11-5-2-6-12-18)24(23(17)25)22(19-13-7-3-8-14-19)20-15-9-4-10-16-20/h2-17,21-22H,1H3/t17-,21-/m0/s1. The van der Waals surface area contributed by atoms with E-state index in [0.717, 1.165) is 4.99 Å². The fourth-order valence-corrected chi connectivity index (χ4v) is 4.19. The van der Waals surface area contributed by atoms with Crippen molar-refractivity contribution in [3.8, 4) is 0 Å². The van der Waals surface area contributed by atoms with Crippen LogP contribution in [0.5, 0.6) is 0 Å². The van der Waals surface area contributed by atoms with Crippen LogP contribution >= 0.6 is 12.2 Å². The van der Waals surface area contributed by atoms with Crippen LogP contribution in [0, 0.1) is 5.92 Å². The quantitative estimate of drug-likeness (QED) is 0.551. The van der Waals surface area contributed by atoms with Crippen molar-refractivity contribution in [2.24, 2.45) is 5.92 Å². The highest BCUT2D eigenvalue weighted by Gasteiger charge is 2.45. The largest absolute Gasteiger partial charge is 0.347 e. The van der Waals surface area contributed by atoms with Crippen LogP contribution in [-0.4, -0.2) is 9.89 Å². The van der Waals surface area contributed by atoms with Crippen molar-refractivity contribution in [3.63, 3.8) is 0 Å². The lowest BCUT2D eigenvalue weighted by Gasteiger charge is -2.53. The Morgan fingerprint density at radius 2 is 1.16 bits per heavy atom. The molecule has 0 aromatic heterocycles. The summed E-state index contributed by atoms with van der Waals surface area (Å²) in [4.78, 5) is 3.46. The topological polar surface area (TPSA) is 3.24 Å². The smallest absolute Gasteiger partial charge is 0.0845 e. The van der Waals surface area contributed by atoms with E-state index in [9.17, 15) is 0 Å². The van der Waals surface area contributed by atoms with Gasteiger partial charge < -0.3 is 4.90 Å². The van der Waals surface area contributed by atoms with Crippen molar-refractivity contribution < 1.29 is 0 Å². The van der Waals surface area contributed by atoms with E-state index in [1.165, 1.54) is 16.7 Å². The average molecular weight is 343 g/mol. The van der Waals surface area contributed by atoms with Gasteiger partial charge in [0.15, 0.2) is 0 Å². The molecule has 1 aliphatic heterocycles. The molecule has 0 amide bonds. The van der Waals surface area contributed by atoms with Crippen LogP contribution in [0.2, 0.25) is 0 Å². The Bertz CT molecular complexity index is 806. The summed E-state index contributed by atoms with van der Waals surface area (Å²) < 4.78 is 0. The maximum atomic E-state index is 5.81. The van der Waals surface area contributed by atoms with Gasteiger partial charge in [0.25, 0.3) is 0 Å². The van der Waals surface area contributed by atoms with Gasteiger partial charge in [-0.15, -0.1) is 0 Å². The van der Waals surface area contributed by atoms with E-state index in [4.69, 9.17) is 12.2 Å². The SMILES string of the molecule is C[C@@H]1C(=S)N(C(c2ccccc2)c2ccccc2)[C@@H]1c1ccccc1. The van der Waals surface area contributed by atoms with Gasteiger partial charge in [0.2, 0.25) is 0 Å². The second kappa shape index (κ2) is 6.81. The molecule has 1 saturated heterocycles. The van der Waals surface area contributed by atoms with Crippen molar-refractivity contribution in [2.45, 2.75) is 19.0 Å². The number of likely N-dealkylation sites (tertiary alicyclic amines) is 1. The van der Waals surface area contributed by atoms with Crippen LogP contribution in [-0.2, 0) is 0 Å². The summed E-state index contributed by atoms with van der Waals surface area (Å²) in [6, 6.07) is 32.5. The van der Waals surface area contributed by atoms with Crippen LogP contribution in [0.15, 0.2) is 91.0 Å². The summed E-state index contributed by atoms with van der Waals surface area (Å²) >= 11 is 5.81. The molecule has 1 aliphatic rings. The Kier molecular flexibility index (Phi) is 4.37. The van der Waals surface area contributed by atoms with Crippen LogP contribution < -0.4 is 0 Å². The highest BCUT2D eigenvalue weighted by atomic mass is 32.1. The van der Waals surface area contributed by atoms with Gasteiger partial charge in [-0.25, -0.2) is 0 Å². The molecule has 124 valence electrons. The molecule has 0 bridgehead atoms. The minimum Gasteiger partial charge on any atom is -0.347 e. The monoisotopic (exact) mass is 343 g/mol. The van der Waals surface area contributed by atoms with E-state index in [-0.39, 0.29) is 6.04 Å². The molecular formula is C23H21NS. The lowest BCUT2D eigenvalue weighted by molar-refractivity contribution is 0.160. The van der Waals surface area contributed by atoms with E-state index in [1.807, 2.05) is 0 Å². The predicted molar refractivity (Wildman–Crippen MR) is 108 cm³/mol. The zero-order valence-corrected chi connectivity index (χ0v) is 15.1. The number of thiocarbonyl (C=S) groups is 1. The van der Waals surface area contributed by atoms with Gasteiger partial charge >= 0.3 is 0 Å². The van der Waals surface area contributed by atoms with Crippen molar-refractivity contribution in [1.29, 1.82) is 0 Å². The lowest BCUT2D eigenvalue weighted by atomic mass is 9.80. The van der Waals surface area contributed by atoms with Crippen molar-refractivity contribution in [3.05, 3.63) is 108 Å². The summed E-state index contributed by atoms with van der Waals surface area (Å²) in [6.45, 7) is 2.24. The van der Waals surface area contributed by atoms with Crippen molar-refractivity contribution >= 4 is 17.2 Å². The van der Waals surface area contributed by atoms with Gasteiger partial charge in [-0.05, 0) is 16.7 Å². The Hall–Kier alpha value is -2.45. The van der Waals surface area contributed by atoms with Crippen LogP contribution in [0.25, 0.3) is 0 Å². The van der Waals surface area contributed by atoms with E-state index < -0.39 is 0 Å². The molecule has 25 heavy (non-hydrogen) atoms. The third kappa shape index (κ3) is 2.87. The molecule has 0 N–H and O–H groups in total. The van der Waals surface area contributed by atoms with Gasteiger partial charge in [-0.3, -0.25) is 0 Å². The Balaban J connectivity index is 1.80. The predicted octanol–water partition coefficient (Wildman–Crippen LogP) is 5.80. The fraction of sp³-hybridized carbons (Fsp3) is 0.174. The molecule has 0 spiro atoms. The number of nitrogens with zero attached hydrogens (tertiary/aromatic N) is 1. The van der Waals surface area contributed by atoms with Crippen LogP contribution in [0.1, 0.15) is 35.7 Å². The van der Waals surface area contributed by atoms with Crippen molar-refractivity contribution in [2.75, 3.05) is 0 Å². The van der Waals surface area contributed by atoms with Crippen LogP contribution in [0.4, 0.5) is 0 Å². The minimum atomic E-state index is 0.149. The molecule has 1 fully saturated rings. The molecule has 0 unspecified atom stereocenters. The Morgan fingerprint density at radius 1 is 0.720 bits per heavy atom. The van der Waals surface area contributed by atoms with E-state index in [0.29, 0.717) is 12.0 Å².